The Morgan fingerprint density at radius 3 is 3.00 bits per heavy atom. The van der Waals surface area contributed by atoms with Gasteiger partial charge in [-0.2, -0.15) is 0 Å². The van der Waals surface area contributed by atoms with Gasteiger partial charge in [-0.25, -0.2) is 0 Å². The van der Waals surface area contributed by atoms with Crippen LogP contribution in [0.3, 0.4) is 0 Å². The van der Waals surface area contributed by atoms with E-state index >= 15 is 0 Å². The van der Waals surface area contributed by atoms with E-state index in [1.54, 1.807) is 6.20 Å². The molecule has 0 aliphatic rings. The number of nitrogens with two attached hydrogens (primary N) is 1. The summed E-state index contributed by atoms with van der Waals surface area (Å²) in [5.74, 6) is 0. The van der Waals surface area contributed by atoms with Crippen molar-refractivity contribution in [2.24, 2.45) is 5.73 Å². The van der Waals surface area contributed by atoms with E-state index in [2.05, 4.69) is 11.9 Å². The smallest absolute Gasteiger partial charge is 0.0660 e. The molecule has 0 radical (unpaired) electrons. The minimum absolute atomic E-state index is 0.0600. The molecule has 1 aromatic heterocycles. The van der Waals surface area contributed by atoms with Crippen LogP contribution in [0.15, 0.2) is 18.5 Å². The lowest BCUT2D eigenvalue weighted by atomic mass is 10.1. The summed E-state index contributed by atoms with van der Waals surface area (Å²) in [5, 5.41) is 0. The zero-order valence-electron chi connectivity index (χ0n) is 8.86. The first-order valence-corrected chi connectivity index (χ1v) is 4.99. The second kappa shape index (κ2) is 5.73. The Kier molecular flexibility index (Phi) is 4.56. The molecule has 0 saturated heterocycles. The second-order valence-corrected chi connectivity index (χ2v) is 3.41. The largest absolute Gasteiger partial charge is 0.379 e. The van der Waals surface area contributed by atoms with Crippen LogP contribution in [0.1, 0.15) is 30.5 Å². The summed E-state index contributed by atoms with van der Waals surface area (Å²) in [4.78, 5) is 4.06. The SMILES string of the molecule is CCCOCC(N)c1cnccc1C. The number of aromatic nitrogens is 1. The highest BCUT2D eigenvalue weighted by atomic mass is 16.5. The maximum atomic E-state index is 5.97. The lowest BCUT2D eigenvalue weighted by molar-refractivity contribution is 0.121. The van der Waals surface area contributed by atoms with Crippen LogP contribution in [-0.4, -0.2) is 18.2 Å². The van der Waals surface area contributed by atoms with Crippen LogP contribution in [0.5, 0.6) is 0 Å². The van der Waals surface area contributed by atoms with Crippen molar-refractivity contribution in [3.8, 4) is 0 Å². The molecular formula is C11H18N2O. The van der Waals surface area contributed by atoms with Crippen LogP contribution in [-0.2, 0) is 4.74 Å². The number of rotatable bonds is 5. The number of aryl methyl sites for hydroxylation is 1. The Bertz CT molecular complexity index is 276. The number of hydrogen-bond acceptors (Lipinski definition) is 3. The van der Waals surface area contributed by atoms with Crippen molar-refractivity contribution >= 4 is 0 Å². The third kappa shape index (κ3) is 3.09. The molecule has 0 aromatic carbocycles. The molecule has 0 aliphatic carbocycles. The van der Waals surface area contributed by atoms with Crippen molar-refractivity contribution in [3.05, 3.63) is 29.6 Å². The molecule has 14 heavy (non-hydrogen) atoms. The van der Waals surface area contributed by atoms with E-state index in [1.165, 1.54) is 5.56 Å². The summed E-state index contributed by atoms with van der Waals surface area (Å²) >= 11 is 0. The number of nitrogens with zero attached hydrogens (tertiary/aromatic N) is 1. The molecule has 78 valence electrons. The molecule has 1 rings (SSSR count). The lowest BCUT2D eigenvalue weighted by Crippen LogP contribution is -2.18. The van der Waals surface area contributed by atoms with Gasteiger partial charge in [0.25, 0.3) is 0 Å². The second-order valence-electron chi connectivity index (χ2n) is 3.41. The van der Waals surface area contributed by atoms with Crippen LogP contribution in [0, 0.1) is 6.92 Å². The van der Waals surface area contributed by atoms with E-state index in [0.29, 0.717) is 6.61 Å². The summed E-state index contributed by atoms with van der Waals surface area (Å²) < 4.78 is 5.40. The van der Waals surface area contributed by atoms with E-state index in [4.69, 9.17) is 10.5 Å². The van der Waals surface area contributed by atoms with Crippen molar-refractivity contribution in [2.75, 3.05) is 13.2 Å². The van der Waals surface area contributed by atoms with Crippen LogP contribution in [0.2, 0.25) is 0 Å². The maximum absolute atomic E-state index is 5.97. The van der Waals surface area contributed by atoms with Gasteiger partial charge in [0.05, 0.1) is 12.6 Å². The molecule has 1 aromatic rings. The first kappa shape index (κ1) is 11.1. The summed E-state index contributed by atoms with van der Waals surface area (Å²) in [6.07, 6.45) is 4.62. The van der Waals surface area contributed by atoms with Gasteiger partial charge >= 0.3 is 0 Å². The van der Waals surface area contributed by atoms with E-state index in [9.17, 15) is 0 Å². The van der Waals surface area contributed by atoms with Gasteiger partial charge in [0.2, 0.25) is 0 Å². The Morgan fingerprint density at radius 2 is 2.36 bits per heavy atom. The first-order chi connectivity index (χ1) is 6.75. The van der Waals surface area contributed by atoms with Gasteiger partial charge in [0.15, 0.2) is 0 Å². The Morgan fingerprint density at radius 1 is 1.57 bits per heavy atom. The average molecular weight is 194 g/mol. The average Bonchev–Trinajstić information content (AvgIpc) is 2.18. The van der Waals surface area contributed by atoms with Crippen molar-refractivity contribution in [2.45, 2.75) is 26.3 Å². The van der Waals surface area contributed by atoms with Crippen LogP contribution < -0.4 is 5.73 Å². The van der Waals surface area contributed by atoms with Gasteiger partial charge in [-0.15, -0.1) is 0 Å². The van der Waals surface area contributed by atoms with Gasteiger partial charge in [0, 0.05) is 19.0 Å². The summed E-state index contributed by atoms with van der Waals surface area (Å²) in [5.41, 5.74) is 8.22. The Labute approximate surface area is 85.3 Å². The zero-order valence-corrected chi connectivity index (χ0v) is 8.86. The van der Waals surface area contributed by atoms with E-state index < -0.39 is 0 Å². The predicted octanol–water partition coefficient (Wildman–Crippen LogP) is 1.82. The third-order valence-corrected chi connectivity index (χ3v) is 2.12. The molecule has 3 nitrogen and oxygen atoms in total. The van der Waals surface area contributed by atoms with Gasteiger partial charge < -0.3 is 10.5 Å². The molecule has 0 bridgehead atoms. The molecule has 1 atom stereocenters. The molecule has 0 amide bonds. The Balaban J connectivity index is 2.51. The molecule has 1 unspecified atom stereocenters. The normalized spacial score (nSPS) is 12.8. The van der Waals surface area contributed by atoms with Crippen LogP contribution >= 0.6 is 0 Å². The maximum Gasteiger partial charge on any atom is 0.0660 e. The van der Waals surface area contributed by atoms with Gasteiger partial charge in [-0.1, -0.05) is 6.92 Å². The fraction of sp³-hybridized carbons (Fsp3) is 0.545. The minimum atomic E-state index is -0.0600. The van der Waals surface area contributed by atoms with Gasteiger partial charge in [0.1, 0.15) is 0 Å². The van der Waals surface area contributed by atoms with E-state index in [0.717, 1.165) is 18.6 Å². The van der Waals surface area contributed by atoms with Crippen molar-refractivity contribution in [1.29, 1.82) is 0 Å². The highest BCUT2D eigenvalue weighted by molar-refractivity contribution is 5.24. The highest BCUT2D eigenvalue weighted by Crippen LogP contribution is 2.13. The van der Waals surface area contributed by atoms with Crippen molar-refractivity contribution in [3.63, 3.8) is 0 Å². The van der Waals surface area contributed by atoms with E-state index in [-0.39, 0.29) is 6.04 Å². The predicted molar refractivity (Wildman–Crippen MR) is 57.0 cm³/mol. The summed E-state index contributed by atoms with van der Waals surface area (Å²) in [6, 6.07) is 1.91. The third-order valence-electron chi connectivity index (χ3n) is 2.12. The quantitative estimate of drug-likeness (QED) is 0.727. The minimum Gasteiger partial charge on any atom is -0.379 e. The fourth-order valence-electron chi connectivity index (χ4n) is 1.31. The molecule has 2 N–H and O–H groups in total. The van der Waals surface area contributed by atoms with Crippen LogP contribution in [0.25, 0.3) is 0 Å². The molecular weight excluding hydrogens is 176 g/mol. The van der Waals surface area contributed by atoms with Crippen LogP contribution in [0.4, 0.5) is 0 Å². The molecule has 0 aliphatic heterocycles. The number of pyridine rings is 1. The molecule has 3 heteroatoms. The summed E-state index contributed by atoms with van der Waals surface area (Å²) in [7, 11) is 0. The molecule has 0 spiro atoms. The fourth-order valence-corrected chi connectivity index (χ4v) is 1.31. The standard InChI is InChI=1S/C11H18N2O/c1-3-6-14-8-11(12)10-7-13-5-4-9(10)2/h4-5,7,11H,3,6,8,12H2,1-2H3. The molecule has 0 fully saturated rings. The van der Waals surface area contributed by atoms with E-state index in [1.807, 2.05) is 19.2 Å². The van der Waals surface area contributed by atoms with Gasteiger partial charge in [-0.05, 0) is 30.5 Å². The Hall–Kier alpha value is -0.930. The summed E-state index contributed by atoms with van der Waals surface area (Å²) in [6.45, 7) is 5.46. The zero-order chi connectivity index (χ0) is 10.4. The topological polar surface area (TPSA) is 48.1 Å². The highest BCUT2D eigenvalue weighted by Gasteiger charge is 2.08. The lowest BCUT2D eigenvalue weighted by Gasteiger charge is -2.13. The monoisotopic (exact) mass is 194 g/mol. The molecule has 0 saturated carbocycles. The number of hydrogen-bond donors (Lipinski definition) is 1. The first-order valence-electron chi connectivity index (χ1n) is 4.99. The van der Waals surface area contributed by atoms with Crippen molar-refractivity contribution in [1.82, 2.24) is 4.98 Å². The van der Waals surface area contributed by atoms with Gasteiger partial charge in [-0.3, -0.25) is 4.98 Å². The number of ether oxygens (including phenoxy) is 1. The van der Waals surface area contributed by atoms with Crippen molar-refractivity contribution < 1.29 is 4.74 Å². The molecule has 1 heterocycles.